The summed E-state index contributed by atoms with van der Waals surface area (Å²) < 4.78 is 4.96. The molecule has 0 radical (unpaired) electrons. The van der Waals surface area contributed by atoms with Gasteiger partial charge in [0.2, 0.25) is 5.91 Å². The van der Waals surface area contributed by atoms with Crippen LogP contribution in [-0.2, 0) is 16.0 Å². The summed E-state index contributed by atoms with van der Waals surface area (Å²) in [6, 6.07) is 7.88. The van der Waals surface area contributed by atoms with Crippen LogP contribution in [0.4, 0.5) is 5.82 Å². The summed E-state index contributed by atoms with van der Waals surface area (Å²) in [4.78, 5) is 25.4. The number of carbonyl (C=O) groups is 1. The molecule has 1 amide bonds. The number of rotatable bonds is 5. The average Bonchev–Trinajstić information content (AvgIpc) is 2.65. The molecule has 0 N–H and O–H groups in total. The van der Waals surface area contributed by atoms with Gasteiger partial charge in [0.25, 0.3) is 0 Å². The molecule has 27 heavy (non-hydrogen) atoms. The number of hydrogen-bond acceptors (Lipinski definition) is 5. The smallest absolute Gasteiger partial charge is 0.248 e. The number of aromatic nitrogens is 2. The van der Waals surface area contributed by atoms with Crippen LogP contribution in [0.25, 0.3) is 0 Å². The zero-order valence-corrected chi connectivity index (χ0v) is 16.8. The number of methoxy groups -OCH3 is 1. The molecular weight excluding hydrogens is 364 g/mol. The maximum absolute atomic E-state index is 12.0. The first-order valence-electron chi connectivity index (χ1n) is 9.08. The fourth-order valence-electron chi connectivity index (χ4n) is 3.38. The van der Waals surface area contributed by atoms with Crippen LogP contribution in [0.15, 0.2) is 24.3 Å². The molecule has 0 bridgehead atoms. The first-order chi connectivity index (χ1) is 13.0. The van der Waals surface area contributed by atoms with Gasteiger partial charge in [0, 0.05) is 56.0 Å². The molecule has 0 saturated carbocycles. The van der Waals surface area contributed by atoms with Gasteiger partial charge < -0.3 is 14.5 Å². The molecule has 7 heteroatoms. The van der Waals surface area contributed by atoms with E-state index >= 15 is 0 Å². The lowest BCUT2D eigenvalue weighted by atomic mass is 10.0. The van der Waals surface area contributed by atoms with Crippen LogP contribution in [0.5, 0.6) is 0 Å². The number of anilines is 1. The zero-order valence-electron chi connectivity index (χ0n) is 16.0. The fourth-order valence-corrected chi connectivity index (χ4v) is 3.50. The van der Waals surface area contributed by atoms with Gasteiger partial charge in [-0.2, -0.15) is 0 Å². The highest BCUT2D eigenvalue weighted by Crippen LogP contribution is 2.25. The standard InChI is InChI=1S/C20H25ClN4O2/c1-14-18(12-16-4-6-17(21)7-5-16)20(23-15(2)22-14)25-10-8-24(9-11-25)19(26)13-27-3/h4-7H,8-13H2,1-3H3. The first-order valence-corrected chi connectivity index (χ1v) is 9.46. The third kappa shape index (κ3) is 4.76. The molecule has 2 heterocycles. The van der Waals surface area contributed by atoms with Crippen molar-refractivity contribution in [2.24, 2.45) is 0 Å². The predicted octanol–water partition coefficient (Wildman–Crippen LogP) is 2.63. The van der Waals surface area contributed by atoms with Gasteiger partial charge in [-0.25, -0.2) is 9.97 Å². The molecule has 6 nitrogen and oxygen atoms in total. The largest absolute Gasteiger partial charge is 0.375 e. The number of piperazine rings is 1. The molecule has 2 aromatic rings. The van der Waals surface area contributed by atoms with Gasteiger partial charge in [-0.15, -0.1) is 0 Å². The number of carbonyl (C=O) groups excluding carboxylic acids is 1. The summed E-state index contributed by atoms with van der Waals surface area (Å²) in [5, 5.41) is 0.729. The number of nitrogens with zero attached hydrogens (tertiary/aromatic N) is 4. The molecule has 3 rings (SSSR count). The quantitative estimate of drug-likeness (QED) is 0.788. The molecule has 1 aliphatic rings. The van der Waals surface area contributed by atoms with Crippen LogP contribution in [-0.4, -0.2) is 60.7 Å². The van der Waals surface area contributed by atoms with Crippen molar-refractivity contribution in [3.05, 3.63) is 51.9 Å². The van der Waals surface area contributed by atoms with Crippen molar-refractivity contribution in [3.63, 3.8) is 0 Å². The zero-order chi connectivity index (χ0) is 19.4. The van der Waals surface area contributed by atoms with E-state index in [1.165, 1.54) is 5.56 Å². The third-order valence-electron chi connectivity index (χ3n) is 4.80. The monoisotopic (exact) mass is 388 g/mol. The van der Waals surface area contributed by atoms with Gasteiger partial charge in [0.1, 0.15) is 18.2 Å². The molecule has 0 spiro atoms. The minimum absolute atomic E-state index is 0.0357. The number of ether oxygens (including phenoxy) is 1. The van der Waals surface area contributed by atoms with E-state index in [2.05, 4.69) is 9.88 Å². The molecule has 1 aliphatic heterocycles. The highest BCUT2D eigenvalue weighted by Gasteiger charge is 2.24. The normalized spacial score (nSPS) is 14.5. The third-order valence-corrected chi connectivity index (χ3v) is 5.05. The van der Waals surface area contributed by atoms with Crippen molar-refractivity contribution in [2.75, 3.05) is 44.8 Å². The Morgan fingerprint density at radius 3 is 2.41 bits per heavy atom. The van der Waals surface area contributed by atoms with Gasteiger partial charge >= 0.3 is 0 Å². The highest BCUT2D eigenvalue weighted by atomic mass is 35.5. The number of halogens is 1. The maximum atomic E-state index is 12.0. The molecule has 1 aromatic carbocycles. The van der Waals surface area contributed by atoms with Crippen molar-refractivity contribution in [3.8, 4) is 0 Å². The Bertz CT molecular complexity index is 802. The van der Waals surface area contributed by atoms with Crippen molar-refractivity contribution < 1.29 is 9.53 Å². The summed E-state index contributed by atoms with van der Waals surface area (Å²) in [5.41, 5.74) is 3.29. The Morgan fingerprint density at radius 1 is 1.11 bits per heavy atom. The molecule has 0 aliphatic carbocycles. The van der Waals surface area contributed by atoms with Crippen molar-refractivity contribution >= 4 is 23.3 Å². The Morgan fingerprint density at radius 2 is 1.78 bits per heavy atom. The second kappa shape index (κ2) is 8.67. The Kier molecular flexibility index (Phi) is 6.29. The minimum atomic E-state index is 0.0357. The van der Waals surface area contributed by atoms with E-state index in [4.69, 9.17) is 21.3 Å². The van der Waals surface area contributed by atoms with Gasteiger partial charge in [-0.3, -0.25) is 4.79 Å². The van der Waals surface area contributed by atoms with E-state index < -0.39 is 0 Å². The highest BCUT2D eigenvalue weighted by molar-refractivity contribution is 6.30. The summed E-state index contributed by atoms with van der Waals surface area (Å²) >= 11 is 6.01. The molecule has 0 atom stereocenters. The molecule has 1 fully saturated rings. The minimum Gasteiger partial charge on any atom is -0.375 e. The summed E-state index contributed by atoms with van der Waals surface area (Å²) in [6.07, 6.45) is 0.751. The van der Waals surface area contributed by atoms with E-state index in [1.54, 1.807) is 7.11 Å². The average molecular weight is 389 g/mol. The fraction of sp³-hybridized carbons (Fsp3) is 0.450. The molecule has 144 valence electrons. The van der Waals surface area contributed by atoms with Crippen LogP contribution in [0.2, 0.25) is 5.02 Å². The van der Waals surface area contributed by atoms with E-state index in [1.807, 2.05) is 43.0 Å². The number of hydrogen-bond donors (Lipinski definition) is 0. The van der Waals surface area contributed by atoms with E-state index in [0.29, 0.717) is 13.1 Å². The van der Waals surface area contributed by atoms with E-state index in [9.17, 15) is 4.79 Å². The van der Waals surface area contributed by atoms with Crippen molar-refractivity contribution in [1.29, 1.82) is 0 Å². The summed E-state index contributed by atoms with van der Waals surface area (Å²) in [7, 11) is 1.55. The van der Waals surface area contributed by atoms with Crippen molar-refractivity contribution in [2.45, 2.75) is 20.3 Å². The Labute approximate surface area is 165 Å². The van der Waals surface area contributed by atoms with Gasteiger partial charge in [-0.05, 0) is 31.5 Å². The van der Waals surface area contributed by atoms with Crippen LogP contribution >= 0.6 is 11.6 Å². The number of benzene rings is 1. The summed E-state index contributed by atoms with van der Waals surface area (Å²) in [5.74, 6) is 1.77. The Hall–Kier alpha value is -2.18. The number of aryl methyl sites for hydroxylation is 2. The Balaban J connectivity index is 1.81. The van der Waals surface area contributed by atoms with Crippen molar-refractivity contribution in [1.82, 2.24) is 14.9 Å². The SMILES string of the molecule is COCC(=O)N1CCN(c2nc(C)nc(C)c2Cc2ccc(Cl)cc2)CC1. The molecule has 0 unspecified atom stereocenters. The maximum Gasteiger partial charge on any atom is 0.248 e. The second-order valence-corrected chi connectivity index (χ2v) is 7.20. The first kappa shape index (κ1) is 19.6. The van der Waals surface area contributed by atoms with Gasteiger partial charge in [0.05, 0.1) is 0 Å². The lowest BCUT2D eigenvalue weighted by molar-refractivity contribution is -0.135. The van der Waals surface area contributed by atoms with Crippen LogP contribution in [0, 0.1) is 13.8 Å². The summed E-state index contributed by atoms with van der Waals surface area (Å²) in [6.45, 7) is 6.92. The predicted molar refractivity (Wildman–Crippen MR) is 106 cm³/mol. The van der Waals surface area contributed by atoms with Crippen LogP contribution < -0.4 is 4.90 Å². The van der Waals surface area contributed by atoms with E-state index in [-0.39, 0.29) is 12.5 Å². The van der Waals surface area contributed by atoms with Gasteiger partial charge in [-0.1, -0.05) is 23.7 Å². The molecular formula is C20H25ClN4O2. The van der Waals surface area contributed by atoms with Crippen LogP contribution in [0.3, 0.4) is 0 Å². The molecule has 1 aromatic heterocycles. The lowest BCUT2D eigenvalue weighted by Crippen LogP contribution is -2.50. The molecule has 1 saturated heterocycles. The lowest BCUT2D eigenvalue weighted by Gasteiger charge is -2.36. The number of amides is 1. The topological polar surface area (TPSA) is 58.6 Å². The van der Waals surface area contributed by atoms with E-state index in [0.717, 1.165) is 47.4 Å². The van der Waals surface area contributed by atoms with Crippen LogP contribution in [0.1, 0.15) is 22.6 Å². The van der Waals surface area contributed by atoms with Gasteiger partial charge in [0.15, 0.2) is 0 Å². The second-order valence-electron chi connectivity index (χ2n) is 6.76.